The topological polar surface area (TPSA) is 12.0 Å². The summed E-state index contributed by atoms with van der Waals surface area (Å²) in [5.41, 5.74) is 0. The Balaban J connectivity index is 3.34. The molecule has 11 heavy (non-hydrogen) atoms. The maximum atomic E-state index is 3.26. The first-order valence-electron chi connectivity index (χ1n) is 4.99. The predicted octanol–water partition coefficient (Wildman–Crippen LogP) is 2.81. The summed E-state index contributed by atoms with van der Waals surface area (Å²) in [4.78, 5) is 0. The van der Waals surface area contributed by atoms with Crippen molar-refractivity contribution in [2.45, 2.75) is 46.0 Å². The highest BCUT2D eigenvalue weighted by Crippen LogP contribution is 2.13. The lowest BCUT2D eigenvalue weighted by molar-refractivity contribution is 0.414. The van der Waals surface area contributed by atoms with E-state index in [1.807, 2.05) is 0 Å². The van der Waals surface area contributed by atoms with Gasteiger partial charge >= 0.3 is 0 Å². The summed E-state index contributed by atoms with van der Waals surface area (Å²) >= 11 is 0. The molecule has 1 atom stereocenters. The van der Waals surface area contributed by atoms with Gasteiger partial charge in [0.15, 0.2) is 0 Å². The molecule has 0 bridgehead atoms. The smallest absolute Gasteiger partial charge is 0.00235 e. The fourth-order valence-corrected chi connectivity index (χ4v) is 1.54. The molecule has 0 amide bonds. The van der Waals surface area contributed by atoms with Gasteiger partial charge in [-0.15, -0.1) is 0 Å². The summed E-state index contributed by atoms with van der Waals surface area (Å²) in [5.74, 6) is 0.921. The van der Waals surface area contributed by atoms with Crippen molar-refractivity contribution >= 4 is 0 Å². The van der Waals surface area contributed by atoms with Gasteiger partial charge in [0, 0.05) is 0 Å². The van der Waals surface area contributed by atoms with E-state index in [1.165, 1.54) is 38.6 Å². The van der Waals surface area contributed by atoms with Crippen molar-refractivity contribution in [3.8, 4) is 0 Å². The first-order valence-corrected chi connectivity index (χ1v) is 4.99. The molecule has 0 aromatic heterocycles. The van der Waals surface area contributed by atoms with Crippen molar-refractivity contribution in [3.05, 3.63) is 0 Å². The quantitative estimate of drug-likeness (QED) is 0.599. The van der Waals surface area contributed by atoms with Crippen molar-refractivity contribution in [3.63, 3.8) is 0 Å². The predicted molar refractivity (Wildman–Crippen MR) is 51.8 cm³/mol. The van der Waals surface area contributed by atoms with Crippen LogP contribution < -0.4 is 5.32 Å². The van der Waals surface area contributed by atoms with Gasteiger partial charge in [0.25, 0.3) is 0 Å². The molecule has 0 fully saturated rings. The van der Waals surface area contributed by atoms with Crippen LogP contribution in [-0.4, -0.2) is 13.6 Å². The zero-order valence-corrected chi connectivity index (χ0v) is 8.32. The zero-order chi connectivity index (χ0) is 8.53. The van der Waals surface area contributed by atoms with Gasteiger partial charge in [0.05, 0.1) is 0 Å². The Labute approximate surface area is 71.6 Å². The molecule has 0 aromatic rings. The van der Waals surface area contributed by atoms with Crippen LogP contribution in [0, 0.1) is 5.92 Å². The third kappa shape index (κ3) is 6.36. The second-order valence-corrected chi connectivity index (χ2v) is 3.35. The zero-order valence-electron chi connectivity index (χ0n) is 8.32. The Kier molecular flexibility index (Phi) is 8.03. The minimum Gasteiger partial charge on any atom is -0.319 e. The molecule has 0 radical (unpaired) electrons. The number of unbranched alkanes of at least 4 members (excludes halogenated alkanes) is 1. The van der Waals surface area contributed by atoms with E-state index >= 15 is 0 Å². The van der Waals surface area contributed by atoms with Gasteiger partial charge in [-0.05, 0) is 32.4 Å². The van der Waals surface area contributed by atoms with Gasteiger partial charge in [0.1, 0.15) is 0 Å². The third-order valence-electron chi connectivity index (χ3n) is 2.16. The average Bonchev–Trinajstić information content (AvgIpc) is 2.01. The molecule has 68 valence electrons. The third-order valence-corrected chi connectivity index (χ3v) is 2.16. The molecule has 0 saturated heterocycles. The summed E-state index contributed by atoms with van der Waals surface area (Å²) in [6.45, 7) is 5.74. The molecule has 1 unspecified atom stereocenters. The highest BCUT2D eigenvalue weighted by molar-refractivity contribution is 4.60. The van der Waals surface area contributed by atoms with E-state index < -0.39 is 0 Å². The highest BCUT2D eigenvalue weighted by atomic mass is 14.8. The van der Waals surface area contributed by atoms with E-state index in [9.17, 15) is 0 Å². The molecule has 0 rings (SSSR count). The average molecular weight is 157 g/mol. The van der Waals surface area contributed by atoms with E-state index in [1.54, 1.807) is 0 Å². The maximum absolute atomic E-state index is 3.26. The van der Waals surface area contributed by atoms with Gasteiger partial charge < -0.3 is 5.32 Å². The Morgan fingerprint density at radius 3 is 2.27 bits per heavy atom. The van der Waals surface area contributed by atoms with Crippen molar-refractivity contribution in [2.24, 2.45) is 5.92 Å². The standard InChI is InChI=1S/C10H23N/c1-4-6-8-10(7-5-2)9-11-3/h10-11H,4-9H2,1-3H3. The second-order valence-electron chi connectivity index (χ2n) is 3.35. The summed E-state index contributed by atoms with van der Waals surface area (Å²) in [5, 5.41) is 3.26. The van der Waals surface area contributed by atoms with Crippen LogP contribution >= 0.6 is 0 Å². The molecule has 0 saturated carbocycles. The normalized spacial score (nSPS) is 13.4. The van der Waals surface area contributed by atoms with Crippen LogP contribution in [0.25, 0.3) is 0 Å². The van der Waals surface area contributed by atoms with Gasteiger partial charge in [0.2, 0.25) is 0 Å². The summed E-state index contributed by atoms with van der Waals surface area (Å²) in [7, 11) is 2.05. The van der Waals surface area contributed by atoms with E-state index in [0.29, 0.717) is 0 Å². The van der Waals surface area contributed by atoms with Crippen LogP contribution in [0.4, 0.5) is 0 Å². The highest BCUT2D eigenvalue weighted by Gasteiger charge is 2.04. The van der Waals surface area contributed by atoms with Crippen LogP contribution in [0.3, 0.4) is 0 Å². The molecule has 0 aliphatic heterocycles. The van der Waals surface area contributed by atoms with Gasteiger partial charge in [-0.25, -0.2) is 0 Å². The largest absolute Gasteiger partial charge is 0.319 e. The Morgan fingerprint density at radius 2 is 1.82 bits per heavy atom. The van der Waals surface area contributed by atoms with Crippen molar-refractivity contribution < 1.29 is 0 Å². The molecule has 1 N–H and O–H groups in total. The van der Waals surface area contributed by atoms with Crippen molar-refractivity contribution in [1.82, 2.24) is 5.32 Å². The van der Waals surface area contributed by atoms with Gasteiger partial charge in [-0.1, -0.05) is 33.1 Å². The van der Waals surface area contributed by atoms with E-state index in [0.717, 1.165) is 5.92 Å². The maximum Gasteiger partial charge on any atom is -0.00235 e. The lowest BCUT2D eigenvalue weighted by Crippen LogP contribution is -2.18. The van der Waals surface area contributed by atoms with Gasteiger partial charge in [-0.3, -0.25) is 0 Å². The summed E-state index contributed by atoms with van der Waals surface area (Å²) < 4.78 is 0. The van der Waals surface area contributed by atoms with Crippen LogP contribution in [0.15, 0.2) is 0 Å². The Morgan fingerprint density at radius 1 is 1.09 bits per heavy atom. The first-order chi connectivity index (χ1) is 5.35. The molecule has 1 heteroatoms. The van der Waals surface area contributed by atoms with Crippen molar-refractivity contribution in [1.29, 1.82) is 0 Å². The number of rotatable bonds is 7. The van der Waals surface area contributed by atoms with E-state index in [2.05, 4.69) is 26.2 Å². The number of hydrogen-bond acceptors (Lipinski definition) is 1. The molecule has 0 heterocycles. The first kappa shape index (κ1) is 11.0. The molecule has 0 aliphatic carbocycles. The lowest BCUT2D eigenvalue weighted by Gasteiger charge is -2.14. The molecule has 0 aliphatic rings. The molecule has 0 aromatic carbocycles. The minimum atomic E-state index is 0.921. The second kappa shape index (κ2) is 8.06. The SMILES string of the molecule is CCCCC(CCC)CNC. The van der Waals surface area contributed by atoms with Crippen LogP contribution in [0.2, 0.25) is 0 Å². The number of nitrogens with one attached hydrogen (secondary N) is 1. The van der Waals surface area contributed by atoms with Crippen molar-refractivity contribution in [2.75, 3.05) is 13.6 Å². The fourth-order valence-electron chi connectivity index (χ4n) is 1.54. The molecular formula is C10H23N. The molecule has 0 spiro atoms. The lowest BCUT2D eigenvalue weighted by atomic mass is 9.97. The fraction of sp³-hybridized carbons (Fsp3) is 1.00. The van der Waals surface area contributed by atoms with Crippen LogP contribution in [0.1, 0.15) is 46.0 Å². The summed E-state index contributed by atoms with van der Waals surface area (Å²) in [6, 6.07) is 0. The van der Waals surface area contributed by atoms with E-state index in [4.69, 9.17) is 0 Å². The van der Waals surface area contributed by atoms with Gasteiger partial charge in [-0.2, -0.15) is 0 Å². The van der Waals surface area contributed by atoms with Crippen LogP contribution in [0.5, 0.6) is 0 Å². The monoisotopic (exact) mass is 157 g/mol. The molecular weight excluding hydrogens is 134 g/mol. The number of hydrogen-bond donors (Lipinski definition) is 1. The molecule has 1 nitrogen and oxygen atoms in total. The summed E-state index contributed by atoms with van der Waals surface area (Å²) in [6.07, 6.45) is 6.86. The van der Waals surface area contributed by atoms with E-state index in [-0.39, 0.29) is 0 Å². The minimum absolute atomic E-state index is 0.921. The van der Waals surface area contributed by atoms with Crippen LogP contribution in [-0.2, 0) is 0 Å². The Hall–Kier alpha value is -0.0400. The Bertz CT molecular complexity index is 65.3.